The van der Waals surface area contributed by atoms with Crippen molar-refractivity contribution in [3.8, 4) is 0 Å². The number of hydrogen-bond donors (Lipinski definition) is 0. The minimum Gasteiger partial charge on any atom is -0.460 e. The highest BCUT2D eigenvalue weighted by atomic mass is 16.6. The van der Waals surface area contributed by atoms with Gasteiger partial charge in [-0.15, -0.1) is 0 Å². The minimum absolute atomic E-state index is 0.00927. The number of esters is 1. The Balaban J connectivity index is 1.71. The number of imide groups is 1. The van der Waals surface area contributed by atoms with Crippen molar-refractivity contribution in [2.75, 3.05) is 6.61 Å². The number of rotatable bonds is 8. The minimum atomic E-state index is -0.615. The molecule has 2 fully saturated rings. The van der Waals surface area contributed by atoms with Crippen LogP contribution < -0.4 is 0 Å². The van der Waals surface area contributed by atoms with Gasteiger partial charge in [-0.05, 0) is 51.5 Å². The number of carbonyl (C=O) groups is 3. The van der Waals surface area contributed by atoms with Crippen molar-refractivity contribution in [3.63, 3.8) is 0 Å². The highest BCUT2D eigenvalue weighted by Crippen LogP contribution is 2.31. The fourth-order valence-corrected chi connectivity index (χ4v) is 4.77. The zero-order valence-corrected chi connectivity index (χ0v) is 19.7. The Kier molecular flexibility index (Phi) is 8.32. The molecule has 1 saturated carbocycles. The lowest BCUT2D eigenvalue weighted by molar-refractivity contribution is -0.158. The monoisotopic (exact) mass is 443 g/mol. The average molecular weight is 444 g/mol. The largest absolute Gasteiger partial charge is 0.460 e. The van der Waals surface area contributed by atoms with Crippen LogP contribution in [0.15, 0.2) is 30.3 Å². The predicted molar refractivity (Wildman–Crippen MR) is 122 cm³/mol. The maximum atomic E-state index is 13.5. The first-order chi connectivity index (χ1) is 15.2. The van der Waals surface area contributed by atoms with Crippen molar-refractivity contribution in [1.29, 1.82) is 0 Å². The van der Waals surface area contributed by atoms with Crippen LogP contribution in [0, 0.1) is 11.8 Å². The van der Waals surface area contributed by atoms with Crippen LogP contribution in [-0.2, 0) is 25.5 Å². The Morgan fingerprint density at radius 1 is 1.12 bits per heavy atom. The summed E-state index contributed by atoms with van der Waals surface area (Å²) in [5, 5.41) is 0. The summed E-state index contributed by atoms with van der Waals surface area (Å²) in [6, 6.07) is 9.42. The zero-order valence-electron chi connectivity index (χ0n) is 19.7. The third-order valence-electron chi connectivity index (χ3n) is 6.34. The third-order valence-corrected chi connectivity index (χ3v) is 6.34. The van der Waals surface area contributed by atoms with E-state index in [1.165, 1.54) is 37.0 Å². The molecule has 1 aliphatic carbocycles. The second-order valence-corrected chi connectivity index (χ2v) is 10.2. The Bertz CT molecular complexity index is 779. The van der Waals surface area contributed by atoms with Crippen LogP contribution in [-0.4, -0.2) is 41.1 Å². The number of benzene rings is 1. The Labute approximate surface area is 191 Å². The molecule has 0 bridgehead atoms. The molecular weight excluding hydrogens is 406 g/mol. The van der Waals surface area contributed by atoms with E-state index in [4.69, 9.17) is 9.47 Å². The lowest BCUT2D eigenvalue weighted by Gasteiger charge is -2.28. The summed E-state index contributed by atoms with van der Waals surface area (Å²) in [5.74, 6) is -0.694. The third kappa shape index (κ3) is 7.07. The standard InChI is InChI=1S/C26H37NO5/c1-26(2,3)32-23(28)17-21(15-14-19-10-6-4-7-11-19)24(29)27-22(18-31-25(27)30)16-20-12-8-5-9-13-20/h5,8-9,12-13,19,21-22H,4,6-7,10-11,14-18H2,1-3H3/t21?,22-/m1/s1. The normalized spacial score (nSPS) is 20.7. The summed E-state index contributed by atoms with van der Waals surface area (Å²) in [5.41, 5.74) is 0.427. The van der Waals surface area contributed by atoms with Gasteiger partial charge in [-0.1, -0.05) is 62.4 Å². The summed E-state index contributed by atoms with van der Waals surface area (Å²) in [6.07, 6.45) is 7.49. The Hall–Kier alpha value is -2.37. The van der Waals surface area contributed by atoms with Crippen molar-refractivity contribution in [3.05, 3.63) is 35.9 Å². The van der Waals surface area contributed by atoms with Gasteiger partial charge in [-0.3, -0.25) is 9.59 Å². The maximum Gasteiger partial charge on any atom is 0.416 e. The van der Waals surface area contributed by atoms with Gasteiger partial charge in [0, 0.05) is 5.92 Å². The van der Waals surface area contributed by atoms with E-state index in [-0.39, 0.29) is 25.0 Å². The van der Waals surface area contributed by atoms with Crippen molar-refractivity contribution in [2.45, 2.75) is 90.2 Å². The Morgan fingerprint density at radius 3 is 2.47 bits per heavy atom. The molecule has 6 heteroatoms. The molecule has 2 atom stereocenters. The quantitative estimate of drug-likeness (QED) is 0.511. The number of carbonyl (C=O) groups excluding carboxylic acids is 3. The van der Waals surface area contributed by atoms with Crippen molar-refractivity contribution < 1.29 is 23.9 Å². The van der Waals surface area contributed by atoms with Crippen LogP contribution in [0.3, 0.4) is 0 Å². The van der Waals surface area contributed by atoms with Crippen molar-refractivity contribution >= 4 is 18.0 Å². The van der Waals surface area contributed by atoms with Crippen LogP contribution >= 0.6 is 0 Å². The number of nitrogens with zero attached hydrogens (tertiary/aromatic N) is 1. The molecule has 2 aliphatic rings. The summed E-state index contributed by atoms with van der Waals surface area (Å²) in [6.45, 7) is 5.63. The van der Waals surface area contributed by atoms with Crippen LogP contribution in [0.4, 0.5) is 4.79 Å². The van der Waals surface area contributed by atoms with E-state index in [9.17, 15) is 14.4 Å². The van der Waals surface area contributed by atoms with Gasteiger partial charge in [0.2, 0.25) is 5.91 Å². The predicted octanol–water partition coefficient (Wildman–Crippen LogP) is 5.29. The average Bonchev–Trinajstić information content (AvgIpc) is 3.10. The molecule has 2 amide bonds. The molecule has 32 heavy (non-hydrogen) atoms. The molecule has 6 nitrogen and oxygen atoms in total. The van der Waals surface area contributed by atoms with Gasteiger partial charge in [-0.25, -0.2) is 9.69 Å². The van der Waals surface area contributed by atoms with Gasteiger partial charge < -0.3 is 9.47 Å². The Morgan fingerprint density at radius 2 is 1.81 bits per heavy atom. The SMILES string of the molecule is CC(C)(C)OC(=O)CC(CCC1CCCCC1)C(=O)N1C(=O)OC[C@H]1Cc1ccccc1. The topological polar surface area (TPSA) is 72.9 Å². The van der Waals surface area contributed by atoms with E-state index in [0.29, 0.717) is 18.8 Å². The second kappa shape index (κ2) is 11.0. The molecule has 1 heterocycles. The summed E-state index contributed by atoms with van der Waals surface area (Å²) in [7, 11) is 0. The zero-order chi connectivity index (χ0) is 23.1. The van der Waals surface area contributed by atoms with Gasteiger partial charge in [-0.2, -0.15) is 0 Å². The van der Waals surface area contributed by atoms with Gasteiger partial charge >= 0.3 is 12.1 Å². The highest BCUT2D eigenvalue weighted by molar-refractivity contribution is 5.96. The molecule has 1 saturated heterocycles. The van der Waals surface area contributed by atoms with Crippen LogP contribution in [0.5, 0.6) is 0 Å². The van der Waals surface area contributed by atoms with Gasteiger partial charge in [0.05, 0.1) is 12.5 Å². The van der Waals surface area contributed by atoms with Crippen LogP contribution in [0.25, 0.3) is 0 Å². The van der Waals surface area contributed by atoms with Crippen LogP contribution in [0.2, 0.25) is 0 Å². The molecule has 0 aromatic heterocycles. The summed E-state index contributed by atoms with van der Waals surface area (Å²) >= 11 is 0. The fourth-order valence-electron chi connectivity index (χ4n) is 4.77. The number of amides is 2. The van der Waals surface area contributed by atoms with E-state index in [0.717, 1.165) is 12.0 Å². The lowest BCUT2D eigenvalue weighted by Crippen LogP contribution is -2.44. The first-order valence-electron chi connectivity index (χ1n) is 12.0. The highest BCUT2D eigenvalue weighted by Gasteiger charge is 2.41. The first kappa shape index (κ1) is 24.3. The summed E-state index contributed by atoms with van der Waals surface area (Å²) < 4.78 is 10.7. The summed E-state index contributed by atoms with van der Waals surface area (Å²) in [4.78, 5) is 39.9. The fraction of sp³-hybridized carbons (Fsp3) is 0.654. The van der Waals surface area contributed by atoms with Crippen molar-refractivity contribution in [1.82, 2.24) is 4.90 Å². The number of cyclic esters (lactones) is 1. The van der Waals surface area contributed by atoms with E-state index in [1.54, 1.807) is 0 Å². The number of hydrogen-bond acceptors (Lipinski definition) is 5. The maximum absolute atomic E-state index is 13.5. The van der Waals surface area contributed by atoms with Gasteiger partial charge in [0.1, 0.15) is 12.2 Å². The lowest BCUT2D eigenvalue weighted by atomic mass is 9.83. The number of ether oxygens (including phenoxy) is 2. The second-order valence-electron chi connectivity index (χ2n) is 10.2. The molecule has 0 radical (unpaired) electrons. The van der Waals surface area contributed by atoms with E-state index >= 15 is 0 Å². The van der Waals surface area contributed by atoms with Crippen LogP contribution in [0.1, 0.15) is 77.7 Å². The molecule has 176 valence electrons. The molecular formula is C26H37NO5. The van der Waals surface area contributed by atoms with E-state index in [1.807, 2.05) is 51.1 Å². The van der Waals surface area contributed by atoms with E-state index < -0.39 is 23.6 Å². The molecule has 0 N–H and O–H groups in total. The van der Waals surface area contributed by atoms with Gasteiger partial charge in [0.25, 0.3) is 0 Å². The van der Waals surface area contributed by atoms with E-state index in [2.05, 4.69) is 0 Å². The molecule has 3 rings (SSSR count). The molecule has 0 spiro atoms. The molecule has 1 aromatic carbocycles. The molecule has 1 aliphatic heterocycles. The van der Waals surface area contributed by atoms with Crippen molar-refractivity contribution in [2.24, 2.45) is 11.8 Å². The molecule has 1 unspecified atom stereocenters. The van der Waals surface area contributed by atoms with Gasteiger partial charge in [0.15, 0.2) is 0 Å². The molecule has 1 aromatic rings. The first-order valence-corrected chi connectivity index (χ1v) is 12.0. The smallest absolute Gasteiger partial charge is 0.416 e.